The minimum absolute atomic E-state index is 0.0799. The number of piperidine rings is 2. The summed E-state index contributed by atoms with van der Waals surface area (Å²) in [6.45, 7) is 7.65. The Labute approximate surface area is 120 Å². The van der Waals surface area contributed by atoms with E-state index in [9.17, 15) is 14.7 Å². The highest BCUT2D eigenvalue weighted by molar-refractivity contribution is 5.83. The van der Waals surface area contributed by atoms with E-state index in [-0.39, 0.29) is 12.1 Å². The normalized spacial score (nSPS) is 35.0. The maximum atomic E-state index is 12.7. The number of carboxylic acids is 1. The third-order valence-electron chi connectivity index (χ3n) is 4.78. The molecule has 0 bridgehead atoms. The van der Waals surface area contributed by atoms with Crippen LogP contribution in [0.4, 0.5) is 4.79 Å². The molecule has 4 unspecified atom stereocenters. The number of nitrogens with zero attached hydrogens (tertiary/aromatic N) is 2. The van der Waals surface area contributed by atoms with E-state index in [1.807, 2.05) is 4.90 Å². The predicted octanol–water partition coefficient (Wildman–Crippen LogP) is 2.41. The van der Waals surface area contributed by atoms with Gasteiger partial charge in [0, 0.05) is 19.1 Å². The molecule has 0 spiro atoms. The lowest BCUT2D eigenvalue weighted by Crippen LogP contribution is -2.57. The molecule has 2 aliphatic rings. The number of aliphatic carboxylic acids is 1. The molecule has 5 heteroatoms. The molecule has 114 valence electrons. The molecule has 0 aliphatic carbocycles. The Hall–Kier alpha value is -1.26. The van der Waals surface area contributed by atoms with Crippen molar-refractivity contribution in [3.8, 4) is 0 Å². The topological polar surface area (TPSA) is 60.9 Å². The molecule has 0 radical (unpaired) electrons. The van der Waals surface area contributed by atoms with Crippen LogP contribution in [0.15, 0.2) is 0 Å². The second kappa shape index (κ2) is 6.02. The molecule has 0 aromatic rings. The van der Waals surface area contributed by atoms with Gasteiger partial charge in [0.15, 0.2) is 0 Å². The standard InChI is InChI=1S/C15H26N2O3/c1-10-4-6-16(12(3)8-10)15(20)17-7-5-11(2)9-13(17)14(18)19/h10-13H,4-9H2,1-3H3,(H,18,19). The van der Waals surface area contributed by atoms with Gasteiger partial charge < -0.3 is 14.9 Å². The number of carbonyl (C=O) groups excluding carboxylic acids is 1. The van der Waals surface area contributed by atoms with Crippen molar-refractivity contribution in [1.82, 2.24) is 9.80 Å². The van der Waals surface area contributed by atoms with Crippen LogP contribution in [0.3, 0.4) is 0 Å². The van der Waals surface area contributed by atoms with Crippen LogP contribution in [0.1, 0.15) is 46.5 Å². The second-order valence-electron chi connectivity index (χ2n) is 6.63. The summed E-state index contributed by atoms with van der Waals surface area (Å²) >= 11 is 0. The van der Waals surface area contributed by atoms with Gasteiger partial charge in [-0.1, -0.05) is 13.8 Å². The first-order valence-electron chi connectivity index (χ1n) is 7.70. The molecule has 2 aliphatic heterocycles. The molecule has 4 atom stereocenters. The van der Waals surface area contributed by atoms with Crippen molar-refractivity contribution in [3.05, 3.63) is 0 Å². The molecular weight excluding hydrogens is 256 g/mol. The smallest absolute Gasteiger partial charge is 0.326 e. The van der Waals surface area contributed by atoms with Crippen LogP contribution in [0.25, 0.3) is 0 Å². The fourth-order valence-corrected chi connectivity index (χ4v) is 3.46. The summed E-state index contributed by atoms with van der Waals surface area (Å²) in [6, 6.07) is -0.526. The molecule has 1 N–H and O–H groups in total. The molecule has 0 aromatic carbocycles. The Kier molecular flexibility index (Phi) is 4.55. The van der Waals surface area contributed by atoms with E-state index >= 15 is 0 Å². The molecular formula is C15H26N2O3. The van der Waals surface area contributed by atoms with Gasteiger partial charge >= 0.3 is 12.0 Å². The monoisotopic (exact) mass is 282 g/mol. The third-order valence-corrected chi connectivity index (χ3v) is 4.78. The number of carboxylic acid groups (broad SMARTS) is 1. The second-order valence-corrected chi connectivity index (χ2v) is 6.63. The van der Waals surface area contributed by atoms with Crippen molar-refractivity contribution in [3.63, 3.8) is 0 Å². The number of carbonyl (C=O) groups is 2. The third kappa shape index (κ3) is 3.07. The van der Waals surface area contributed by atoms with Gasteiger partial charge in [0.1, 0.15) is 6.04 Å². The van der Waals surface area contributed by atoms with Gasteiger partial charge in [-0.05, 0) is 44.4 Å². The van der Waals surface area contributed by atoms with E-state index in [1.54, 1.807) is 4.90 Å². The van der Waals surface area contributed by atoms with E-state index in [0.717, 1.165) is 25.8 Å². The predicted molar refractivity (Wildman–Crippen MR) is 76.5 cm³/mol. The summed E-state index contributed by atoms with van der Waals surface area (Å²) < 4.78 is 0. The fraction of sp³-hybridized carbons (Fsp3) is 0.867. The van der Waals surface area contributed by atoms with Crippen molar-refractivity contribution in [1.29, 1.82) is 0 Å². The van der Waals surface area contributed by atoms with E-state index in [2.05, 4.69) is 20.8 Å². The van der Waals surface area contributed by atoms with E-state index in [0.29, 0.717) is 24.8 Å². The van der Waals surface area contributed by atoms with Crippen molar-refractivity contribution < 1.29 is 14.7 Å². The summed E-state index contributed by atoms with van der Waals surface area (Å²) in [5.41, 5.74) is 0. The summed E-state index contributed by atoms with van der Waals surface area (Å²) in [6.07, 6.45) is 3.49. The lowest BCUT2D eigenvalue weighted by atomic mass is 9.91. The van der Waals surface area contributed by atoms with Crippen LogP contribution in [-0.2, 0) is 4.79 Å². The van der Waals surface area contributed by atoms with Crippen molar-refractivity contribution in [2.45, 2.75) is 58.5 Å². The molecule has 5 nitrogen and oxygen atoms in total. The van der Waals surface area contributed by atoms with Gasteiger partial charge in [0.05, 0.1) is 0 Å². The van der Waals surface area contributed by atoms with Crippen molar-refractivity contribution >= 4 is 12.0 Å². The zero-order valence-electron chi connectivity index (χ0n) is 12.7. The van der Waals surface area contributed by atoms with Crippen LogP contribution in [0.5, 0.6) is 0 Å². The van der Waals surface area contributed by atoms with Gasteiger partial charge in [0.2, 0.25) is 0 Å². The Morgan fingerprint density at radius 3 is 2.05 bits per heavy atom. The lowest BCUT2D eigenvalue weighted by molar-refractivity contribution is -0.144. The van der Waals surface area contributed by atoms with Crippen LogP contribution in [0.2, 0.25) is 0 Å². The zero-order chi connectivity index (χ0) is 14.9. The van der Waals surface area contributed by atoms with Gasteiger partial charge in [0.25, 0.3) is 0 Å². The maximum absolute atomic E-state index is 12.7. The van der Waals surface area contributed by atoms with Gasteiger partial charge in [-0.25, -0.2) is 9.59 Å². The number of amides is 2. The minimum atomic E-state index is -0.872. The van der Waals surface area contributed by atoms with Crippen molar-refractivity contribution in [2.24, 2.45) is 11.8 Å². The largest absolute Gasteiger partial charge is 0.480 e. The Morgan fingerprint density at radius 2 is 1.50 bits per heavy atom. The van der Waals surface area contributed by atoms with Crippen LogP contribution in [-0.4, -0.2) is 52.1 Å². The number of hydrogen-bond acceptors (Lipinski definition) is 2. The molecule has 20 heavy (non-hydrogen) atoms. The van der Waals surface area contributed by atoms with Gasteiger partial charge in [-0.2, -0.15) is 0 Å². The van der Waals surface area contributed by atoms with Crippen LogP contribution < -0.4 is 0 Å². The maximum Gasteiger partial charge on any atom is 0.326 e. The van der Waals surface area contributed by atoms with Crippen molar-refractivity contribution in [2.75, 3.05) is 13.1 Å². The summed E-state index contributed by atoms with van der Waals surface area (Å²) in [7, 11) is 0. The first-order valence-corrected chi connectivity index (χ1v) is 7.70. The number of hydrogen-bond donors (Lipinski definition) is 1. The molecule has 0 saturated carbocycles. The summed E-state index contributed by atoms with van der Waals surface area (Å²) in [4.78, 5) is 27.5. The zero-order valence-corrected chi connectivity index (χ0v) is 12.7. The highest BCUT2D eigenvalue weighted by Gasteiger charge is 2.38. The van der Waals surface area contributed by atoms with Gasteiger partial charge in [-0.15, -0.1) is 0 Å². The SMILES string of the molecule is CC1CCN(C(=O)N2CCC(C)CC2C(=O)O)C(C)C1. The average molecular weight is 282 g/mol. The van der Waals surface area contributed by atoms with E-state index < -0.39 is 12.0 Å². The Morgan fingerprint density at radius 1 is 0.950 bits per heavy atom. The fourth-order valence-electron chi connectivity index (χ4n) is 3.46. The molecule has 2 saturated heterocycles. The molecule has 2 fully saturated rings. The first kappa shape index (κ1) is 15.1. The quantitative estimate of drug-likeness (QED) is 0.803. The van der Waals surface area contributed by atoms with E-state index in [1.165, 1.54) is 0 Å². The highest BCUT2D eigenvalue weighted by Crippen LogP contribution is 2.27. The molecule has 2 rings (SSSR count). The molecule has 2 heterocycles. The molecule has 0 aromatic heterocycles. The van der Waals surface area contributed by atoms with Gasteiger partial charge in [-0.3, -0.25) is 0 Å². The lowest BCUT2D eigenvalue weighted by Gasteiger charge is -2.43. The Bertz CT molecular complexity index is 385. The minimum Gasteiger partial charge on any atom is -0.480 e. The summed E-state index contributed by atoms with van der Waals surface area (Å²) in [5.74, 6) is 0.146. The highest BCUT2D eigenvalue weighted by atomic mass is 16.4. The number of urea groups is 1. The van der Waals surface area contributed by atoms with E-state index in [4.69, 9.17) is 0 Å². The molecule has 2 amide bonds. The average Bonchev–Trinajstić information content (AvgIpc) is 2.37. The number of likely N-dealkylation sites (tertiary alicyclic amines) is 2. The number of rotatable bonds is 1. The first-order chi connectivity index (χ1) is 9.40. The van der Waals surface area contributed by atoms with Crippen LogP contribution in [0, 0.1) is 11.8 Å². The van der Waals surface area contributed by atoms with Crippen LogP contribution >= 0.6 is 0 Å². The Balaban J connectivity index is 2.08. The summed E-state index contributed by atoms with van der Waals surface area (Å²) in [5, 5.41) is 9.37.